The summed E-state index contributed by atoms with van der Waals surface area (Å²) in [5, 5.41) is 6.67. The second kappa shape index (κ2) is 3.32. The number of benzene rings is 1. The molecule has 1 aromatic rings. The third-order valence-corrected chi connectivity index (χ3v) is 1.86. The Kier molecular flexibility index (Phi) is 2.62. The van der Waals surface area contributed by atoms with E-state index in [0.29, 0.717) is 4.47 Å². The van der Waals surface area contributed by atoms with E-state index in [1.54, 1.807) is 6.07 Å². The van der Waals surface area contributed by atoms with Gasteiger partial charge in [0, 0.05) is 10.0 Å². The van der Waals surface area contributed by atoms with Crippen LogP contribution >= 0.6 is 27.5 Å². The Balaban J connectivity index is 3.20. The molecule has 0 unspecified atom stereocenters. The van der Waals surface area contributed by atoms with E-state index in [1.165, 1.54) is 12.1 Å². The van der Waals surface area contributed by atoms with Gasteiger partial charge in [-0.15, -0.1) is 0 Å². The van der Waals surface area contributed by atoms with Gasteiger partial charge in [0.05, 0.1) is 0 Å². The molecule has 0 atom stereocenters. The van der Waals surface area contributed by atoms with Crippen LogP contribution in [0.4, 0.5) is 4.39 Å². The lowest BCUT2D eigenvalue weighted by Crippen LogP contribution is -1.93. The van der Waals surface area contributed by atoms with Crippen molar-refractivity contribution in [1.29, 1.82) is 5.41 Å². The Morgan fingerprint density at radius 2 is 2.18 bits per heavy atom. The lowest BCUT2D eigenvalue weighted by atomic mass is 10.2. The van der Waals surface area contributed by atoms with Gasteiger partial charge < -0.3 is 0 Å². The molecule has 1 aromatic carbocycles. The summed E-state index contributed by atoms with van der Waals surface area (Å²) in [5.41, 5.74) is 0.120. The standard InChI is InChI=1S/C7H4BrClFN/c8-4-1-2-5(7(9)11)6(10)3-4/h1-3,11H. The molecule has 0 fully saturated rings. The first-order chi connectivity index (χ1) is 5.11. The molecular weight excluding hydrogens is 232 g/mol. The first-order valence-electron chi connectivity index (χ1n) is 2.80. The van der Waals surface area contributed by atoms with Crippen LogP contribution in [-0.2, 0) is 0 Å². The highest BCUT2D eigenvalue weighted by atomic mass is 79.9. The van der Waals surface area contributed by atoms with Crippen LogP contribution in [0.2, 0.25) is 0 Å². The summed E-state index contributed by atoms with van der Waals surface area (Å²) in [5.74, 6) is -0.487. The van der Waals surface area contributed by atoms with Crippen molar-refractivity contribution in [2.75, 3.05) is 0 Å². The number of hydrogen-bond donors (Lipinski definition) is 1. The molecular formula is C7H4BrClFN. The normalized spacial score (nSPS) is 9.73. The SMILES string of the molecule is N=C(Cl)c1ccc(Br)cc1F. The number of hydrogen-bond acceptors (Lipinski definition) is 1. The topological polar surface area (TPSA) is 23.9 Å². The second-order valence-corrected chi connectivity index (χ2v) is 3.23. The monoisotopic (exact) mass is 235 g/mol. The van der Waals surface area contributed by atoms with E-state index >= 15 is 0 Å². The molecule has 1 N–H and O–H groups in total. The van der Waals surface area contributed by atoms with Gasteiger partial charge in [-0.1, -0.05) is 27.5 Å². The summed E-state index contributed by atoms with van der Waals surface area (Å²) in [6.45, 7) is 0. The van der Waals surface area contributed by atoms with Crippen molar-refractivity contribution in [3.8, 4) is 0 Å². The highest BCUT2D eigenvalue weighted by molar-refractivity contribution is 9.10. The van der Waals surface area contributed by atoms with Crippen molar-refractivity contribution in [2.24, 2.45) is 0 Å². The molecule has 0 saturated carbocycles. The zero-order chi connectivity index (χ0) is 8.43. The fourth-order valence-electron chi connectivity index (χ4n) is 0.667. The molecule has 0 aliphatic carbocycles. The lowest BCUT2D eigenvalue weighted by molar-refractivity contribution is 0.624. The van der Waals surface area contributed by atoms with E-state index in [9.17, 15) is 4.39 Å². The Labute approximate surface area is 76.8 Å². The zero-order valence-electron chi connectivity index (χ0n) is 5.37. The van der Waals surface area contributed by atoms with Gasteiger partial charge in [-0.2, -0.15) is 0 Å². The summed E-state index contributed by atoms with van der Waals surface area (Å²) in [6.07, 6.45) is 0. The minimum Gasteiger partial charge on any atom is -0.289 e. The van der Waals surface area contributed by atoms with Gasteiger partial charge in [-0.3, -0.25) is 5.41 Å². The molecule has 58 valence electrons. The van der Waals surface area contributed by atoms with Gasteiger partial charge in [-0.05, 0) is 18.2 Å². The first-order valence-corrected chi connectivity index (χ1v) is 3.98. The lowest BCUT2D eigenvalue weighted by Gasteiger charge is -1.97. The van der Waals surface area contributed by atoms with Gasteiger partial charge in [0.2, 0.25) is 0 Å². The average molecular weight is 236 g/mol. The molecule has 4 heteroatoms. The van der Waals surface area contributed by atoms with Crippen LogP contribution in [0.15, 0.2) is 22.7 Å². The Morgan fingerprint density at radius 3 is 2.64 bits per heavy atom. The molecule has 0 radical (unpaired) electrons. The first kappa shape index (κ1) is 8.68. The maximum absolute atomic E-state index is 12.8. The van der Waals surface area contributed by atoms with E-state index in [4.69, 9.17) is 17.0 Å². The van der Waals surface area contributed by atoms with Crippen LogP contribution < -0.4 is 0 Å². The average Bonchev–Trinajstić information content (AvgIpc) is 1.85. The van der Waals surface area contributed by atoms with E-state index in [2.05, 4.69) is 15.9 Å². The molecule has 0 aromatic heterocycles. The summed E-state index contributed by atoms with van der Waals surface area (Å²) in [7, 11) is 0. The fraction of sp³-hybridized carbons (Fsp3) is 0. The van der Waals surface area contributed by atoms with Crippen LogP contribution in [0.25, 0.3) is 0 Å². The highest BCUT2D eigenvalue weighted by Crippen LogP contribution is 2.16. The molecule has 0 aliphatic rings. The Hall–Kier alpha value is -0.410. The summed E-state index contributed by atoms with van der Waals surface area (Å²) < 4.78 is 13.5. The summed E-state index contributed by atoms with van der Waals surface area (Å²) in [6, 6.07) is 4.36. The smallest absolute Gasteiger partial charge is 0.134 e. The zero-order valence-corrected chi connectivity index (χ0v) is 7.71. The molecule has 0 aliphatic heterocycles. The van der Waals surface area contributed by atoms with Crippen molar-refractivity contribution in [1.82, 2.24) is 0 Å². The molecule has 0 amide bonds. The van der Waals surface area contributed by atoms with E-state index in [1.807, 2.05) is 0 Å². The van der Waals surface area contributed by atoms with Gasteiger partial charge >= 0.3 is 0 Å². The maximum atomic E-state index is 12.8. The molecule has 11 heavy (non-hydrogen) atoms. The van der Waals surface area contributed by atoms with E-state index < -0.39 is 5.82 Å². The molecule has 0 bridgehead atoms. The quantitative estimate of drug-likeness (QED) is 0.724. The second-order valence-electron chi connectivity index (χ2n) is 1.94. The molecule has 0 spiro atoms. The largest absolute Gasteiger partial charge is 0.289 e. The fourth-order valence-corrected chi connectivity index (χ4v) is 1.15. The van der Waals surface area contributed by atoms with Gasteiger partial charge in [0.15, 0.2) is 0 Å². The van der Waals surface area contributed by atoms with Crippen LogP contribution in [0.3, 0.4) is 0 Å². The van der Waals surface area contributed by atoms with Gasteiger partial charge in [0.25, 0.3) is 0 Å². The predicted octanol–water partition coefficient (Wildman–Crippen LogP) is 3.15. The van der Waals surface area contributed by atoms with Crippen LogP contribution in [0.5, 0.6) is 0 Å². The van der Waals surface area contributed by atoms with E-state index in [-0.39, 0.29) is 10.7 Å². The number of nitrogens with one attached hydrogen (secondary N) is 1. The molecule has 0 saturated heterocycles. The highest BCUT2D eigenvalue weighted by Gasteiger charge is 2.04. The van der Waals surface area contributed by atoms with Crippen LogP contribution in [0.1, 0.15) is 5.56 Å². The van der Waals surface area contributed by atoms with Crippen molar-refractivity contribution in [3.05, 3.63) is 34.1 Å². The van der Waals surface area contributed by atoms with Crippen molar-refractivity contribution < 1.29 is 4.39 Å². The Morgan fingerprint density at radius 1 is 1.55 bits per heavy atom. The van der Waals surface area contributed by atoms with E-state index in [0.717, 1.165) is 0 Å². The molecule has 1 rings (SSSR count). The number of rotatable bonds is 1. The molecule has 1 nitrogen and oxygen atoms in total. The minimum absolute atomic E-state index is 0.120. The minimum atomic E-state index is -0.487. The third-order valence-electron chi connectivity index (χ3n) is 1.17. The summed E-state index contributed by atoms with van der Waals surface area (Å²) in [4.78, 5) is 0. The predicted molar refractivity (Wildman–Crippen MR) is 46.8 cm³/mol. The summed E-state index contributed by atoms with van der Waals surface area (Å²) >= 11 is 8.38. The third kappa shape index (κ3) is 2.01. The van der Waals surface area contributed by atoms with Crippen molar-refractivity contribution >= 4 is 32.7 Å². The van der Waals surface area contributed by atoms with Gasteiger partial charge in [-0.25, -0.2) is 4.39 Å². The Bertz CT molecular complexity index is 300. The van der Waals surface area contributed by atoms with Crippen LogP contribution in [-0.4, -0.2) is 5.17 Å². The van der Waals surface area contributed by atoms with Crippen molar-refractivity contribution in [3.63, 3.8) is 0 Å². The maximum Gasteiger partial charge on any atom is 0.134 e. The number of halogens is 3. The molecule has 0 heterocycles. The van der Waals surface area contributed by atoms with Gasteiger partial charge in [0.1, 0.15) is 11.0 Å². The van der Waals surface area contributed by atoms with Crippen LogP contribution in [0, 0.1) is 11.2 Å². The van der Waals surface area contributed by atoms with Crippen molar-refractivity contribution in [2.45, 2.75) is 0 Å².